The molecule has 1 aliphatic rings. The molecule has 0 unspecified atom stereocenters. The molecule has 3 aromatic rings. The van der Waals surface area contributed by atoms with Gasteiger partial charge in [0.05, 0.1) is 17.0 Å². The fourth-order valence-corrected chi connectivity index (χ4v) is 3.65. The molecule has 2 N–H and O–H groups in total. The number of rotatable bonds is 4. The van der Waals surface area contributed by atoms with Crippen LogP contribution in [0.15, 0.2) is 40.1 Å². The Morgan fingerprint density at radius 2 is 2.11 bits per heavy atom. The molecular formula is C21H22N4O2. The van der Waals surface area contributed by atoms with Crippen molar-refractivity contribution in [2.45, 2.75) is 19.8 Å². The first-order valence-electron chi connectivity index (χ1n) is 9.22. The van der Waals surface area contributed by atoms with Crippen LogP contribution in [0.25, 0.3) is 22.2 Å². The SMILES string of the molecule is CCc1cc(C=O)c(=O)[nH]c1-c1ccc2c(c1)cc(C1=NCCCN1)n2C. The normalized spacial score (nSPS) is 14.1. The van der Waals surface area contributed by atoms with E-state index in [4.69, 9.17) is 0 Å². The number of aromatic amines is 1. The molecule has 0 atom stereocenters. The number of pyridine rings is 1. The lowest BCUT2D eigenvalue weighted by molar-refractivity contribution is 0.112. The number of nitrogens with zero attached hydrogens (tertiary/aromatic N) is 2. The smallest absolute Gasteiger partial charge is 0.259 e. The van der Waals surface area contributed by atoms with Crippen molar-refractivity contribution in [2.75, 3.05) is 13.1 Å². The Balaban J connectivity index is 1.85. The Kier molecular flexibility index (Phi) is 4.39. The predicted molar refractivity (Wildman–Crippen MR) is 108 cm³/mol. The molecule has 2 aromatic heterocycles. The number of hydrogen-bond donors (Lipinski definition) is 2. The van der Waals surface area contributed by atoms with E-state index in [2.05, 4.69) is 38.1 Å². The van der Waals surface area contributed by atoms with Crippen LogP contribution in [0.2, 0.25) is 0 Å². The third-order valence-corrected chi connectivity index (χ3v) is 5.13. The van der Waals surface area contributed by atoms with Crippen LogP contribution in [0.3, 0.4) is 0 Å². The number of amidine groups is 1. The van der Waals surface area contributed by atoms with Gasteiger partial charge < -0.3 is 14.9 Å². The van der Waals surface area contributed by atoms with Crippen molar-refractivity contribution in [1.82, 2.24) is 14.9 Å². The zero-order valence-electron chi connectivity index (χ0n) is 15.5. The van der Waals surface area contributed by atoms with E-state index in [1.165, 1.54) is 0 Å². The van der Waals surface area contributed by atoms with E-state index in [1.54, 1.807) is 6.07 Å². The molecule has 138 valence electrons. The van der Waals surface area contributed by atoms with Crippen molar-refractivity contribution < 1.29 is 4.79 Å². The molecule has 27 heavy (non-hydrogen) atoms. The third kappa shape index (κ3) is 2.97. The fraction of sp³-hybridized carbons (Fsp3) is 0.286. The van der Waals surface area contributed by atoms with Gasteiger partial charge in [-0.2, -0.15) is 0 Å². The topological polar surface area (TPSA) is 79.2 Å². The average Bonchev–Trinajstić information content (AvgIpc) is 3.04. The summed E-state index contributed by atoms with van der Waals surface area (Å²) in [4.78, 5) is 30.7. The van der Waals surface area contributed by atoms with Gasteiger partial charge in [-0.1, -0.05) is 13.0 Å². The van der Waals surface area contributed by atoms with E-state index in [1.807, 2.05) is 20.0 Å². The standard InChI is InChI=1S/C21H22N4O2/c1-3-13-9-16(12-26)21(27)24-19(13)14-5-6-17-15(10-14)11-18(25(17)2)20-22-7-4-8-23-20/h5-6,9-12H,3-4,7-8H2,1-2H3,(H,22,23)(H,24,27). The number of aromatic nitrogens is 2. The van der Waals surface area contributed by atoms with Crippen LogP contribution in [0.4, 0.5) is 0 Å². The van der Waals surface area contributed by atoms with Crippen LogP contribution in [0, 0.1) is 0 Å². The lowest BCUT2D eigenvalue weighted by Crippen LogP contribution is -2.31. The van der Waals surface area contributed by atoms with E-state index in [0.717, 1.165) is 65.2 Å². The van der Waals surface area contributed by atoms with Crippen LogP contribution in [0.5, 0.6) is 0 Å². The minimum Gasteiger partial charge on any atom is -0.369 e. The summed E-state index contributed by atoms with van der Waals surface area (Å²) in [6.45, 7) is 3.80. The largest absolute Gasteiger partial charge is 0.369 e. The van der Waals surface area contributed by atoms with E-state index < -0.39 is 0 Å². The first kappa shape index (κ1) is 17.3. The van der Waals surface area contributed by atoms with Crippen molar-refractivity contribution in [2.24, 2.45) is 12.0 Å². The number of fused-ring (bicyclic) bond motifs is 1. The van der Waals surface area contributed by atoms with Gasteiger partial charge in [0.15, 0.2) is 6.29 Å². The minimum absolute atomic E-state index is 0.167. The molecular weight excluding hydrogens is 340 g/mol. The summed E-state index contributed by atoms with van der Waals surface area (Å²) in [5.74, 6) is 0.930. The van der Waals surface area contributed by atoms with Crippen LogP contribution < -0.4 is 10.9 Å². The number of carbonyl (C=O) groups is 1. The van der Waals surface area contributed by atoms with Crippen LogP contribution in [-0.4, -0.2) is 34.8 Å². The highest BCUT2D eigenvalue weighted by molar-refractivity contribution is 6.03. The summed E-state index contributed by atoms with van der Waals surface area (Å²) >= 11 is 0. The molecule has 3 heterocycles. The number of aryl methyl sites for hydroxylation is 2. The zero-order valence-corrected chi connectivity index (χ0v) is 15.5. The Bertz CT molecular complexity index is 1120. The van der Waals surface area contributed by atoms with Crippen LogP contribution in [0.1, 0.15) is 35.0 Å². The number of aldehydes is 1. The van der Waals surface area contributed by atoms with E-state index in [0.29, 0.717) is 6.29 Å². The number of H-pyrrole nitrogens is 1. The number of benzene rings is 1. The molecule has 0 spiro atoms. The molecule has 0 radical (unpaired) electrons. The molecule has 6 nitrogen and oxygen atoms in total. The molecule has 1 aromatic carbocycles. The number of nitrogens with one attached hydrogen (secondary N) is 2. The molecule has 6 heteroatoms. The Labute approximate surface area is 156 Å². The molecule has 1 aliphatic heterocycles. The molecule has 4 rings (SSSR count). The lowest BCUT2D eigenvalue weighted by Gasteiger charge is -2.15. The first-order valence-corrected chi connectivity index (χ1v) is 9.22. The van der Waals surface area contributed by atoms with Gasteiger partial charge in [0.25, 0.3) is 5.56 Å². The van der Waals surface area contributed by atoms with E-state index in [-0.39, 0.29) is 11.1 Å². The van der Waals surface area contributed by atoms with Gasteiger partial charge in [-0.3, -0.25) is 14.6 Å². The summed E-state index contributed by atoms with van der Waals surface area (Å²) in [6.07, 6.45) is 2.39. The highest BCUT2D eigenvalue weighted by Crippen LogP contribution is 2.27. The highest BCUT2D eigenvalue weighted by Gasteiger charge is 2.15. The maximum atomic E-state index is 12.1. The summed E-state index contributed by atoms with van der Waals surface area (Å²) < 4.78 is 2.13. The maximum absolute atomic E-state index is 12.1. The van der Waals surface area contributed by atoms with Crippen molar-refractivity contribution in [3.8, 4) is 11.3 Å². The van der Waals surface area contributed by atoms with Gasteiger partial charge >= 0.3 is 0 Å². The van der Waals surface area contributed by atoms with Gasteiger partial charge in [-0.05, 0) is 48.2 Å². The maximum Gasteiger partial charge on any atom is 0.259 e. The second-order valence-electron chi connectivity index (χ2n) is 6.80. The summed E-state index contributed by atoms with van der Waals surface area (Å²) in [5, 5.41) is 4.46. The van der Waals surface area contributed by atoms with Gasteiger partial charge in [0.2, 0.25) is 0 Å². The Morgan fingerprint density at radius 1 is 1.26 bits per heavy atom. The molecule has 0 saturated heterocycles. The second-order valence-corrected chi connectivity index (χ2v) is 6.80. The summed E-state index contributed by atoms with van der Waals surface area (Å²) in [6, 6.07) is 9.95. The van der Waals surface area contributed by atoms with Crippen LogP contribution in [-0.2, 0) is 13.5 Å². The fourth-order valence-electron chi connectivity index (χ4n) is 3.65. The second kappa shape index (κ2) is 6.87. The highest BCUT2D eigenvalue weighted by atomic mass is 16.1. The molecule has 0 fully saturated rings. The Hall–Kier alpha value is -3.15. The van der Waals surface area contributed by atoms with Gasteiger partial charge in [-0.15, -0.1) is 0 Å². The third-order valence-electron chi connectivity index (χ3n) is 5.13. The molecule has 0 bridgehead atoms. The zero-order chi connectivity index (χ0) is 19.0. The molecule has 0 aliphatic carbocycles. The summed E-state index contributed by atoms with van der Waals surface area (Å²) in [7, 11) is 2.04. The van der Waals surface area contributed by atoms with E-state index in [9.17, 15) is 9.59 Å². The minimum atomic E-state index is -0.355. The van der Waals surface area contributed by atoms with Crippen LogP contribution >= 0.6 is 0 Å². The molecule has 0 amide bonds. The van der Waals surface area contributed by atoms with Gasteiger partial charge in [0, 0.05) is 31.0 Å². The number of carbonyl (C=O) groups excluding carboxylic acids is 1. The van der Waals surface area contributed by atoms with Gasteiger partial charge in [0.1, 0.15) is 5.84 Å². The van der Waals surface area contributed by atoms with Crippen molar-refractivity contribution in [3.05, 3.63) is 57.5 Å². The van der Waals surface area contributed by atoms with Crippen molar-refractivity contribution >= 4 is 23.0 Å². The molecule has 0 saturated carbocycles. The van der Waals surface area contributed by atoms with Crippen molar-refractivity contribution in [1.29, 1.82) is 0 Å². The number of aliphatic imine (C=N–C) groups is 1. The average molecular weight is 362 g/mol. The first-order chi connectivity index (χ1) is 13.1. The van der Waals surface area contributed by atoms with E-state index >= 15 is 0 Å². The number of hydrogen-bond acceptors (Lipinski definition) is 4. The Morgan fingerprint density at radius 3 is 2.81 bits per heavy atom. The summed E-state index contributed by atoms with van der Waals surface area (Å²) in [5.41, 5.74) is 4.63. The van der Waals surface area contributed by atoms with Crippen molar-refractivity contribution in [3.63, 3.8) is 0 Å². The lowest BCUT2D eigenvalue weighted by atomic mass is 10.0. The predicted octanol–water partition coefficient (Wildman–Crippen LogP) is 2.65. The van der Waals surface area contributed by atoms with Gasteiger partial charge in [-0.25, -0.2) is 0 Å². The monoisotopic (exact) mass is 362 g/mol. The quantitative estimate of drug-likeness (QED) is 0.700.